The van der Waals surface area contributed by atoms with E-state index in [4.69, 9.17) is 4.74 Å². The number of aliphatic hydroxyl groups excluding tert-OH is 1. The predicted molar refractivity (Wildman–Crippen MR) is 136 cm³/mol. The summed E-state index contributed by atoms with van der Waals surface area (Å²) in [6.07, 6.45) is -4.12. The van der Waals surface area contributed by atoms with Gasteiger partial charge in [0.25, 0.3) is 11.8 Å². The molecule has 3 atom stereocenters. The minimum absolute atomic E-state index is 0.107. The van der Waals surface area contributed by atoms with E-state index in [-0.39, 0.29) is 53.1 Å². The number of hydrogen-bond donors (Lipinski definition) is 3. The number of alkyl halides is 4. The SMILES string of the molecule is Cc1[nH]c2c(-c3cc(C(F)(F)F)ccc3OCC3CC3)ncnc2c1C(=O)N[C@@H]1CCN(C(=O)[C@H](C)O)C[C@H]1F. The zero-order chi connectivity index (χ0) is 28.8. The maximum Gasteiger partial charge on any atom is 0.416 e. The van der Waals surface area contributed by atoms with E-state index in [9.17, 15) is 32.3 Å². The molecule has 2 aromatic heterocycles. The number of nitrogens with zero attached hydrogens (tertiary/aromatic N) is 3. The number of nitrogens with one attached hydrogen (secondary N) is 2. The monoisotopic (exact) mass is 563 g/mol. The van der Waals surface area contributed by atoms with Gasteiger partial charge in [-0.05, 0) is 57.2 Å². The van der Waals surface area contributed by atoms with Crippen molar-refractivity contribution in [2.45, 2.75) is 57.6 Å². The predicted octanol–water partition coefficient (Wildman–Crippen LogP) is 3.79. The Hall–Kier alpha value is -3.74. The van der Waals surface area contributed by atoms with Crippen LogP contribution >= 0.6 is 0 Å². The molecule has 214 valence electrons. The fraction of sp³-hybridized carbons (Fsp3) is 0.481. The van der Waals surface area contributed by atoms with Gasteiger partial charge in [-0.1, -0.05) is 0 Å². The maximum atomic E-state index is 14.9. The van der Waals surface area contributed by atoms with Gasteiger partial charge in [0.2, 0.25) is 0 Å². The number of carbonyl (C=O) groups is 2. The number of aromatic amines is 1. The van der Waals surface area contributed by atoms with Gasteiger partial charge >= 0.3 is 6.18 Å². The number of piperidine rings is 1. The van der Waals surface area contributed by atoms with Crippen LogP contribution in [0, 0.1) is 12.8 Å². The third-order valence-electron chi connectivity index (χ3n) is 7.26. The highest BCUT2D eigenvalue weighted by Gasteiger charge is 2.35. The Morgan fingerprint density at radius 2 is 2.00 bits per heavy atom. The van der Waals surface area contributed by atoms with E-state index in [2.05, 4.69) is 20.3 Å². The first kappa shape index (κ1) is 27.8. The summed E-state index contributed by atoms with van der Waals surface area (Å²) >= 11 is 0. The van der Waals surface area contributed by atoms with Gasteiger partial charge in [0.1, 0.15) is 35.6 Å². The Balaban J connectivity index is 1.45. The molecule has 0 radical (unpaired) electrons. The van der Waals surface area contributed by atoms with Crippen LogP contribution in [0.2, 0.25) is 0 Å². The van der Waals surface area contributed by atoms with Gasteiger partial charge in [-0.2, -0.15) is 13.2 Å². The lowest BCUT2D eigenvalue weighted by molar-refractivity contribution is -0.141. The number of fused-ring (bicyclic) bond motifs is 1. The van der Waals surface area contributed by atoms with Gasteiger partial charge in [0.15, 0.2) is 0 Å². The van der Waals surface area contributed by atoms with Crippen molar-refractivity contribution in [2.75, 3.05) is 19.7 Å². The number of benzene rings is 1. The van der Waals surface area contributed by atoms with Crippen LogP contribution in [0.1, 0.15) is 47.8 Å². The van der Waals surface area contributed by atoms with E-state index >= 15 is 0 Å². The van der Waals surface area contributed by atoms with Crippen molar-refractivity contribution >= 4 is 22.8 Å². The summed E-state index contributed by atoms with van der Waals surface area (Å²) in [6, 6.07) is 2.31. The van der Waals surface area contributed by atoms with Crippen LogP contribution in [-0.4, -0.2) is 74.8 Å². The number of H-pyrrole nitrogens is 1. The Labute approximate surface area is 226 Å². The molecule has 1 aliphatic carbocycles. The van der Waals surface area contributed by atoms with Crippen LogP contribution in [0.3, 0.4) is 0 Å². The minimum atomic E-state index is -4.59. The Morgan fingerprint density at radius 3 is 2.65 bits per heavy atom. The molecule has 3 N–H and O–H groups in total. The zero-order valence-electron chi connectivity index (χ0n) is 21.9. The summed E-state index contributed by atoms with van der Waals surface area (Å²) in [5, 5.41) is 12.2. The lowest BCUT2D eigenvalue weighted by atomic mass is 10.0. The molecule has 2 fully saturated rings. The molecule has 0 unspecified atom stereocenters. The average Bonchev–Trinajstić information content (AvgIpc) is 3.67. The molecule has 0 spiro atoms. The molecular weight excluding hydrogens is 534 g/mol. The average molecular weight is 564 g/mol. The first-order valence-corrected chi connectivity index (χ1v) is 13.0. The molecule has 1 aliphatic heterocycles. The quantitative estimate of drug-likeness (QED) is 0.377. The van der Waals surface area contributed by atoms with Crippen LogP contribution in [0.25, 0.3) is 22.3 Å². The van der Waals surface area contributed by atoms with Crippen LogP contribution in [-0.2, 0) is 11.0 Å². The second-order valence-corrected chi connectivity index (χ2v) is 10.4. The highest BCUT2D eigenvalue weighted by molar-refractivity contribution is 6.09. The first-order valence-electron chi connectivity index (χ1n) is 13.0. The lowest BCUT2D eigenvalue weighted by Gasteiger charge is -2.35. The van der Waals surface area contributed by atoms with Crippen molar-refractivity contribution in [1.29, 1.82) is 0 Å². The van der Waals surface area contributed by atoms with Crippen molar-refractivity contribution in [3.05, 3.63) is 41.3 Å². The van der Waals surface area contributed by atoms with E-state index in [1.54, 1.807) is 6.92 Å². The van der Waals surface area contributed by atoms with Crippen molar-refractivity contribution in [3.8, 4) is 17.0 Å². The molecule has 3 heterocycles. The number of aryl methyl sites for hydroxylation is 1. The Kier molecular flexibility index (Phi) is 7.42. The topological polar surface area (TPSA) is 120 Å². The number of aliphatic hydroxyl groups is 1. The van der Waals surface area contributed by atoms with E-state index in [0.717, 1.165) is 31.3 Å². The van der Waals surface area contributed by atoms with Gasteiger partial charge < -0.3 is 25.0 Å². The molecule has 5 rings (SSSR count). The number of ether oxygens (including phenoxy) is 1. The van der Waals surface area contributed by atoms with E-state index < -0.39 is 41.9 Å². The van der Waals surface area contributed by atoms with Crippen LogP contribution in [0.5, 0.6) is 5.75 Å². The molecule has 0 bridgehead atoms. The van der Waals surface area contributed by atoms with E-state index in [1.807, 2.05) is 0 Å². The second kappa shape index (κ2) is 10.7. The summed E-state index contributed by atoms with van der Waals surface area (Å²) in [5.41, 5.74) is 0.272. The van der Waals surface area contributed by atoms with Crippen molar-refractivity contribution in [2.24, 2.45) is 5.92 Å². The summed E-state index contributed by atoms with van der Waals surface area (Å²) < 4.78 is 61.5. The number of likely N-dealkylation sites (tertiary alicyclic amines) is 1. The molecular formula is C27H29F4N5O4. The number of hydrogen-bond acceptors (Lipinski definition) is 6. The minimum Gasteiger partial charge on any atom is -0.493 e. The molecule has 13 heteroatoms. The molecule has 1 saturated carbocycles. The molecule has 3 aromatic rings. The van der Waals surface area contributed by atoms with Gasteiger partial charge in [0.05, 0.1) is 35.8 Å². The molecule has 1 saturated heterocycles. The molecule has 9 nitrogen and oxygen atoms in total. The Bertz CT molecular complexity index is 1440. The van der Waals surface area contributed by atoms with Gasteiger partial charge in [-0.15, -0.1) is 0 Å². The van der Waals surface area contributed by atoms with Crippen LogP contribution in [0.4, 0.5) is 17.6 Å². The lowest BCUT2D eigenvalue weighted by Crippen LogP contribution is -2.55. The van der Waals surface area contributed by atoms with E-state index in [0.29, 0.717) is 18.2 Å². The third-order valence-corrected chi connectivity index (χ3v) is 7.26. The van der Waals surface area contributed by atoms with Gasteiger partial charge in [-0.3, -0.25) is 9.59 Å². The van der Waals surface area contributed by atoms with Gasteiger partial charge in [-0.25, -0.2) is 14.4 Å². The number of rotatable bonds is 7. The third kappa shape index (κ3) is 5.60. The maximum absolute atomic E-state index is 14.9. The zero-order valence-corrected chi connectivity index (χ0v) is 21.9. The highest BCUT2D eigenvalue weighted by Crippen LogP contribution is 2.40. The fourth-order valence-electron chi connectivity index (χ4n) is 4.88. The highest BCUT2D eigenvalue weighted by atomic mass is 19.4. The Morgan fingerprint density at radius 1 is 1.25 bits per heavy atom. The number of halogens is 4. The summed E-state index contributed by atoms with van der Waals surface area (Å²) in [5.74, 6) is -0.610. The number of carbonyl (C=O) groups excluding carboxylic acids is 2. The largest absolute Gasteiger partial charge is 0.493 e. The van der Waals surface area contributed by atoms with Crippen molar-refractivity contribution in [1.82, 2.24) is 25.2 Å². The van der Waals surface area contributed by atoms with Crippen molar-refractivity contribution in [3.63, 3.8) is 0 Å². The normalized spacial score (nSPS) is 20.4. The molecule has 1 aromatic carbocycles. The van der Waals surface area contributed by atoms with Crippen molar-refractivity contribution < 1.29 is 37.0 Å². The summed E-state index contributed by atoms with van der Waals surface area (Å²) in [6.45, 7) is 3.17. The molecule has 2 aliphatic rings. The van der Waals surface area contributed by atoms with Crippen LogP contribution in [0.15, 0.2) is 24.5 Å². The molecule has 40 heavy (non-hydrogen) atoms. The second-order valence-electron chi connectivity index (χ2n) is 10.4. The molecule has 2 amide bonds. The standard InChI is InChI=1S/C27H29F4N5O4/c1-13-21(25(38)35-19-7-8-36(10-18(19)28)26(39)14(2)37)23-24(34-13)22(32-12-33-23)17-9-16(27(29,30)31)5-6-20(17)40-11-15-3-4-15/h5-6,9,12,14-15,18-19,34,37H,3-4,7-8,10-11H2,1-2H3,(H,35,38)/t14-,18+,19+/m0/s1. The smallest absolute Gasteiger partial charge is 0.416 e. The fourth-order valence-corrected chi connectivity index (χ4v) is 4.88. The summed E-state index contributed by atoms with van der Waals surface area (Å²) in [7, 11) is 0. The van der Waals surface area contributed by atoms with E-state index in [1.165, 1.54) is 17.9 Å². The first-order chi connectivity index (χ1) is 18.9. The summed E-state index contributed by atoms with van der Waals surface area (Å²) in [4.78, 5) is 38.0. The van der Waals surface area contributed by atoms with Gasteiger partial charge in [0, 0.05) is 17.8 Å². The number of amides is 2. The van der Waals surface area contributed by atoms with Crippen LogP contribution < -0.4 is 10.1 Å². The number of aromatic nitrogens is 3.